The molecule has 10 heteroatoms. The Morgan fingerprint density at radius 3 is 2.74 bits per heavy atom. The van der Waals surface area contributed by atoms with E-state index in [2.05, 4.69) is 25.3 Å². The smallest absolute Gasteiger partial charge is 0.252 e. The lowest BCUT2D eigenvalue weighted by molar-refractivity contribution is 0.0352. The molecule has 5 heterocycles. The molecule has 0 bridgehead atoms. The monoisotopic (exact) mass is 420 g/mol. The number of fused-ring (bicyclic) bond motifs is 2. The highest BCUT2D eigenvalue weighted by atomic mass is 16.3. The molecule has 1 aliphatic heterocycles. The molecular formula is C21H24N8O2. The molecule has 10 nitrogen and oxygen atoms in total. The highest BCUT2D eigenvalue weighted by molar-refractivity contribution is 5.88. The number of hydrogen-bond acceptors (Lipinski definition) is 8. The van der Waals surface area contributed by atoms with E-state index in [1.165, 1.54) is 6.33 Å². The highest BCUT2D eigenvalue weighted by Gasteiger charge is 2.29. The van der Waals surface area contributed by atoms with E-state index in [0.29, 0.717) is 42.9 Å². The maximum atomic E-state index is 12.5. The predicted molar refractivity (Wildman–Crippen MR) is 118 cm³/mol. The summed E-state index contributed by atoms with van der Waals surface area (Å²) in [5.74, 6) is 0.430. The topological polar surface area (TPSA) is 113 Å². The van der Waals surface area contributed by atoms with E-state index < -0.39 is 5.60 Å². The zero-order valence-electron chi connectivity index (χ0n) is 17.7. The molecule has 1 aliphatic rings. The van der Waals surface area contributed by atoms with Gasteiger partial charge in [0.1, 0.15) is 11.8 Å². The van der Waals surface area contributed by atoms with Gasteiger partial charge >= 0.3 is 0 Å². The van der Waals surface area contributed by atoms with Crippen molar-refractivity contribution in [1.29, 1.82) is 0 Å². The van der Waals surface area contributed by atoms with Gasteiger partial charge < -0.3 is 19.9 Å². The first-order chi connectivity index (χ1) is 14.8. The van der Waals surface area contributed by atoms with Crippen LogP contribution in [0.3, 0.4) is 0 Å². The molecule has 0 unspecified atom stereocenters. The largest absolute Gasteiger partial charge is 0.390 e. The Labute approximate surface area is 178 Å². The van der Waals surface area contributed by atoms with E-state index >= 15 is 0 Å². The number of pyridine rings is 2. The Kier molecular flexibility index (Phi) is 4.40. The van der Waals surface area contributed by atoms with Crippen LogP contribution in [-0.4, -0.2) is 52.9 Å². The fraction of sp³-hybridized carbons (Fsp3) is 0.381. The molecule has 4 aromatic rings. The third-order valence-electron chi connectivity index (χ3n) is 6.01. The van der Waals surface area contributed by atoms with Gasteiger partial charge in [-0.15, -0.1) is 0 Å². The SMILES string of the molecule is Cc1cc2ncnn2cc1Nc1ncc2c(n1)c(N1CCC(C)(O)CC1)cc(=O)n2C. The Morgan fingerprint density at radius 1 is 1.19 bits per heavy atom. The second-order valence-corrected chi connectivity index (χ2v) is 8.40. The van der Waals surface area contributed by atoms with Crippen molar-refractivity contribution in [3.8, 4) is 0 Å². The maximum Gasteiger partial charge on any atom is 0.252 e. The van der Waals surface area contributed by atoms with Gasteiger partial charge in [-0.3, -0.25) is 4.79 Å². The van der Waals surface area contributed by atoms with E-state index in [4.69, 9.17) is 4.98 Å². The van der Waals surface area contributed by atoms with Crippen LogP contribution in [0.2, 0.25) is 0 Å². The summed E-state index contributed by atoms with van der Waals surface area (Å²) in [6, 6.07) is 3.55. The number of aryl methyl sites for hydroxylation is 2. The Balaban J connectivity index is 1.57. The molecule has 0 aliphatic carbocycles. The van der Waals surface area contributed by atoms with Crippen LogP contribution in [0.25, 0.3) is 16.7 Å². The number of nitrogens with one attached hydrogen (secondary N) is 1. The van der Waals surface area contributed by atoms with Crippen molar-refractivity contribution in [2.75, 3.05) is 23.3 Å². The van der Waals surface area contributed by atoms with Crippen molar-refractivity contribution >= 4 is 34.0 Å². The molecule has 1 saturated heterocycles. The van der Waals surface area contributed by atoms with Crippen molar-refractivity contribution < 1.29 is 5.11 Å². The van der Waals surface area contributed by atoms with Crippen LogP contribution >= 0.6 is 0 Å². The van der Waals surface area contributed by atoms with Crippen molar-refractivity contribution in [2.24, 2.45) is 7.05 Å². The second kappa shape index (κ2) is 7.02. The van der Waals surface area contributed by atoms with Crippen molar-refractivity contribution in [2.45, 2.75) is 32.3 Å². The molecule has 1 fully saturated rings. The summed E-state index contributed by atoms with van der Waals surface area (Å²) in [6.07, 6.45) is 6.29. The third kappa shape index (κ3) is 3.48. The zero-order valence-corrected chi connectivity index (χ0v) is 17.7. The normalized spacial score (nSPS) is 16.2. The predicted octanol–water partition coefficient (Wildman–Crippen LogP) is 1.77. The van der Waals surface area contributed by atoms with Gasteiger partial charge in [-0.2, -0.15) is 5.10 Å². The van der Waals surface area contributed by atoms with E-state index in [9.17, 15) is 9.90 Å². The van der Waals surface area contributed by atoms with E-state index in [0.717, 1.165) is 22.6 Å². The van der Waals surface area contributed by atoms with Gasteiger partial charge in [-0.1, -0.05) is 0 Å². The van der Waals surface area contributed by atoms with Crippen LogP contribution in [0, 0.1) is 6.92 Å². The van der Waals surface area contributed by atoms with Gasteiger partial charge in [0.15, 0.2) is 5.65 Å². The minimum Gasteiger partial charge on any atom is -0.390 e. The van der Waals surface area contributed by atoms with E-state index in [1.807, 2.05) is 26.1 Å². The van der Waals surface area contributed by atoms with Gasteiger partial charge in [-0.25, -0.2) is 19.5 Å². The molecule has 4 aromatic heterocycles. The van der Waals surface area contributed by atoms with Gasteiger partial charge in [0, 0.05) is 26.2 Å². The minimum atomic E-state index is -0.675. The molecule has 0 spiro atoms. The fourth-order valence-corrected chi connectivity index (χ4v) is 3.95. The summed E-state index contributed by atoms with van der Waals surface area (Å²) < 4.78 is 3.24. The standard InChI is InChI=1S/C21H24N8O2/c1-13-8-17-23-12-24-29(17)11-14(13)25-20-22-10-16-19(26-20)15(9-18(30)27(16)3)28-6-4-21(2,31)5-7-28/h8-12,31H,4-7H2,1-3H3,(H,22,25,26). The summed E-state index contributed by atoms with van der Waals surface area (Å²) in [5, 5.41) is 17.8. The van der Waals surface area contributed by atoms with Gasteiger partial charge in [0.05, 0.1) is 34.9 Å². The number of piperidine rings is 1. The van der Waals surface area contributed by atoms with Crippen LogP contribution in [0.15, 0.2) is 35.6 Å². The molecule has 5 rings (SSSR count). The van der Waals surface area contributed by atoms with Crippen LogP contribution in [0.5, 0.6) is 0 Å². The van der Waals surface area contributed by atoms with E-state index in [-0.39, 0.29) is 5.56 Å². The molecule has 160 valence electrons. The van der Waals surface area contributed by atoms with Crippen molar-refractivity contribution in [3.63, 3.8) is 0 Å². The first-order valence-electron chi connectivity index (χ1n) is 10.2. The molecule has 31 heavy (non-hydrogen) atoms. The quantitative estimate of drug-likeness (QED) is 0.516. The van der Waals surface area contributed by atoms with Crippen LogP contribution < -0.4 is 15.8 Å². The zero-order chi connectivity index (χ0) is 21.8. The van der Waals surface area contributed by atoms with Crippen molar-refractivity contribution in [3.05, 3.63) is 46.8 Å². The molecule has 0 aromatic carbocycles. The van der Waals surface area contributed by atoms with Gasteiger partial charge in [-0.05, 0) is 38.3 Å². The molecule has 0 saturated carbocycles. The summed E-state index contributed by atoms with van der Waals surface area (Å²) >= 11 is 0. The van der Waals surface area contributed by atoms with Crippen molar-refractivity contribution in [1.82, 2.24) is 29.1 Å². The van der Waals surface area contributed by atoms with Gasteiger partial charge in [0.25, 0.3) is 5.56 Å². The van der Waals surface area contributed by atoms with Crippen LogP contribution in [0.1, 0.15) is 25.3 Å². The van der Waals surface area contributed by atoms with Crippen LogP contribution in [-0.2, 0) is 7.05 Å². The lowest BCUT2D eigenvalue weighted by Crippen LogP contribution is -2.43. The molecular weight excluding hydrogens is 396 g/mol. The first kappa shape index (κ1) is 19.4. The number of aromatic nitrogens is 6. The Bertz CT molecular complexity index is 1350. The lowest BCUT2D eigenvalue weighted by Gasteiger charge is -2.37. The minimum absolute atomic E-state index is 0.114. The maximum absolute atomic E-state index is 12.5. The second-order valence-electron chi connectivity index (χ2n) is 8.40. The summed E-state index contributed by atoms with van der Waals surface area (Å²) in [4.78, 5) is 28.1. The molecule has 0 radical (unpaired) electrons. The number of aliphatic hydroxyl groups is 1. The average Bonchev–Trinajstić information content (AvgIpc) is 3.18. The summed E-state index contributed by atoms with van der Waals surface area (Å²) in [7, 11) is 1.72. The number of nitrogens with zero attached hydrogens (tertiary/aromatic N) is 7. The molecule has 2 N–H and O–H groups in total. The Morgan fingerprint density at radius 2 is 1.97 bits per heavy atom. The first-order valence-corrected chi connectivity index (χ1v) is 10.2. The van der Waals surface area contributed by atoms with E-state index in [1.54, 1.807) is 28.4 Å². The van der Waals surface area contributed by atoms with Crippen LogP contribution in [0.4, 0.5) is 17.3 Å². The molecule has 0 atom stereocenters. The average molecular weight is 420 g/mol. The lowest BCUT2D eigenvalue weighted by atomic mass is 9.93. The summed E-state index contributed by atoms with van der Waals surface area (Å²) in [6.45, 7) is 5.14. The Hall–Kier alpha value is -3.53. The van der Waals surface area contributed by atoms with Gasteiger partial charge in [0.2, 0.25) is 5.95 Å². The summed E-state index contributed by atoms with van der Waals surface area (Å²) in [5.41, 5.74) is 3.90. The number of hydrogen-bond donors (Lipinski definition) is 2. The third-order valence-corrected chi connectivity index (χ3v) is 6.01. The number of rotatable bonds is 3. The number of anilines is 3. The fourth-order valence-electron chi connectivity index (χ4n) is 3.95. The molecule has 0 amide bonds. The highest BCUT2D eigenvalue weighted by Crippen LogP contribution is 2.30.